The molecule has 7 heteroatoms. The summed E-state index contributed by atoms with van der Waals surface area (Å²) in [5.74, 6) is -0.186. The van der Waals surface area contributed by atoms with Crippen LogP contribution in [0, 0.1) is 0 Å². The number of benzene rings is 1. The van der Waals surface area contributed by atoms with Crippen LogP contribution < -0.4 is 11.1 Å². The van der Waals surface area contributed by atoms with Crippen molar-refractivity contribution in [3.8, 4) is 11.1 Å². The maximum Gasteiger partial charge on any atom is 0.255 e. The van der Waals surface area contributed by atoms with E-state index in [2.05, 4.69) is 22.3 Å². The van der Waals surface area contributed by atoms with Crippen LogP contribution in [-0.4, -0.2) is 31.8 Å². The molecule has 1 fully saturated rings. The van der Waals surface area contributed by atoms with Crippen LogP contribution in [0.3, 0.4) is 0 Å². The molecule has 1 aliphatic rings. The number of nitrogens with one attached hydrogen (secondary N) is 1. The normalized spacial score (nSPS) is 13.8. The molecule has 0 atom stereocenters. The SMILES string of the molecule is CCCCn1cc(-c2cc3c(N)c(C(=O)NC4CC4)cnc3cc2CO)cn1. The maximum atomic E-state index is 12.5. The summed E-state index contributed by atoms with van der Waals surface area (Å²) in [6, 6.07) is 3.98. The van der Waals surface area contributed by atoms with Crippen molar-refractivity contribution < 1.29 is 9.90 Å². The third kappa shape index (κ3) is 3.57. The average Bonchev–Trinajstić information content (AvgIpc) is 3.39. The van der Waals surface area contributed by atoms with E-state index in [0.717, 1.165) is 48.9 Å². The zero-order valence-corrected chi connectivity index (χ0v) is 16.0. The van der Waals surface area contributed by atoms with Gasteiger partial charge in [0.05, 0.1) is 29.6 Å². The largest absolute Gasteiger partial charge is 0.397 e. The summed E-state index contributed by atoms with van der Waals surface area (Å²) in [5, 5.41) is 17.9. The van der Waals surface area contributed by atoms with Gasteiger partial charge in [0.1, 0.15) is 0 Å². The summed E-state index contributed by atoms with van der Waals surface area (Å²) in [7, 11) is 0. The first-order chi connectivity index (χ1) is 13.6. The molecule has 1 aliphatic carbocycles. The third-order valence-electron chi connectivity index (χ3n) is 5.15. The number of nitrogen functional groups attached to an aromatic ring is 1. The van der Waals surface area contributed by atoms with Gasteiger partial charge in [0, 0.05) is 35.9 Å². The number of aliphatic hydroxyl groups excluding tert-OH is 1. The van der Waals surface area contributed by atoms with Crippen molar-refractivity contribution in [2.24, 2.45) is 0 Å². The molecule has 0 radical (unpaired) electrons. The van der Waals surface area contributed by atoms with Gasteiger partial charge in [-0.3, -0.25) is 14.5 Å². The highest BCUT2D eigenvalue weighted by Crippen LogP contribution is 2.32. The lowest BCUT2D eigenvalue weighted by Gasteiger charge is -2.12. The lowest BCUT2D eigenvalue weighted by molar-refractivity contribution is 0.0951. The van der Waals surface area contributed by atoms with Gasteiger partial charge >= 0.3 is 0 Å². The predicted octanol–water partition coefficient (Wildman–Crippen LogP) is 2.87. The Bertz CT molecular complexity index is 1020. The van der Waals surface area contributed by atoms with Gasteiger partial charge in [0.25, 0.3) is 5.91 Å². The molecule has 4 rings (SSSR count). The van der Waals surface area contributed by atoms with Crippen LogP contribution in [0.2, 0.25) is 0 Å². The molecule has 28 heavy (non-hydrogen) atoms. The fourth-order valence-electron chi connectivity index (χ4n) is 3.32. The number of fused-ring (bicyclic) bond motifs is 1. The van der Waals surface area contributed by atoms with Crippen LogP contribution in [0.4, 0.5) is 5.69 Å². The molecule has 0 spiro atoms. The van der Waals surface area contributed by atoms with Gasteiger partial charge < -0.3 is 16.2 Å². The molecule has 0 saturated heterocycles. The highest BCUT2D eigenvalue weighted by Gasteiger charge is 2.25. The number of amides is 1. The van der Waals surface area contributed by atoms with Gasteiger partial charge in [-0.1, -0.05) is 13.3 Å². The fraction of sp³-hybridized carbons (Fsp3) is 0.381. The maximum absolute atomic E-state index is 12.5. The molecule has 0 bridgehead atoms. The number of aromatic nitrogens is 3. The Kier molecular flexibility index (Phi) is 5.00. The Morgan fingerprint density at radius 3 is 2.89 bits per heavy atom. The number of aliphatic hydroxyl groups is 1. The average molecular weight is 379 g/mol. The lowest BCUT2D eigenvalue weighted by Crippen LogP contribution is -2.26. The zero-order chi connectivity index (χ0) is 19.7. The van der Waals surface area contributed by atoms with E-state index in [-0.39, 0.29) is 18.6 Å². The molecular weight excluding hydrogens is 354 g/mol. The van der Waals surface area contributed by atoms with E-state index in [0.29, 0.717) is 22.2 Å². The molecule has 4 N–H and O–H groups in total. The van der Waals surface area contributed by atoms with Crippen molar-refractivity contribution in [3.63, 3.8) is 0 Å². The summed E-state index contributed by atoms with van der Waals surface area (Å²) in [6.45, 7) is 2.88. The lowest BCUT2D eigenvalue weighted by atomic mass is 9.98. The highest BCUT2D eigenvalue weighted by molar-refractivity contribution is 6.07. The first kappa shape index (κ1) is 18.4. The Hall–Kier alpha value is -2.93. The fourth-order valence-corrected chi connectivity index (χ4v) is 3.32. The number of aryl methyl sites for hydroxylation is 1. The Morgan fingerprint density at radius 2 is 2.18 bits per heavy atom. The Labute approximate surface area is 163 Å². The van der Waals surface area contributed by atoms with E-state index in [9.17, 15) is 9.90 Å². The molecule has 0 unspecified atom stereocenters. The van der Waals surface area contributed by atoms with E-state index in [1.54, 1.807) is 6.20 Å². The van der Waals surface area contributed by atoms with E-state index < -0.39 is 0 Å². The van der Waals surface area contributed by atoms with Crippen molar-refractivity contribution in [2.45, 2.75) is 51.8 Å². The second-order valence-electron chi connectivity index (χ2n) is 7.36. The molecule has 0 aliphatic heterocycles. The van der Waals surface area contributed by atoms with E-state index in [1.807, 2.05) is 23.0 Å². The van der Waals surface area contributed by atoms with Crippen LogP contribution in [0.15, 0.2) is 30.7 Å². The summed E-state index contributed by atoms with van der Waals surface area (Å²) in [6.07, 6.45) is 9.46. The molecule has 2 aromatic heterocycles. The molecule has 7 nitrogen and oxygen atoms in total. The highest BCUT2D eigenvalue weighted by atomic mass is 16.3. The summed E-state index contributed by atoms with van der Waals surface area (Å²) < 4.78 is 1.91. The minimum absolute atomic E-state index is 0.114. The smallest absolute Gasteiger partial charge is 0.255 e. The minimum atomic E-state index is -0.186. The van der Waals surface area contributed by atoms with Crippen LogP contribution in [0.5, 0.6) is 0 Å². The van der Waals surface area contributed by atoms with Gasteiger partial charge in [-0.2, -0.15) is 5.10 Å². The first-order valence-electron chi connectivity index (χ1n) is 9.76. The van der Waals surface area contributed by atoms with Crippen molar-refractivity contribution in [2.75, 3.05) is 5.73 Å². The summed E-state index contributed by atoms with van der Waals surface area (Å²) >= 11 is 0. The predicted molar refractivity (Wildman–Crippen MR) is 109 cm³/mol. The van der Waals surface area contributed by atoms with E-state index >= 15 is 0 Å². The van der Waals surface area contributed by atoms with Gasteiger partial charge in [0.2, 0.25) is 0 Å². The number of pyridine rings is 1. The third-order valence-corrected chi connectivity index (χ3v) is 5.15. The molecule has 2 heterocycles. The van der Waals surface area contributed by atoms with Crippen LogP contribution in [0.25, 0.3) is 22.0 Å². The summed E-state index contributed by atoms with van der Waals surface area (Å²) in [4.78, 5) is 16.9. The zero-order valence-electron chi connectivity index (χ0n) is 16.0. The van der Waals surface area contributed by atoms with Crippen LogP contribution >= 0.6 is 0 Å². The quantitative estimate of drug-likeness (QED) is 0.585. The van der Waals surface area contributed by atoms with Gasteiger partial charge in [0.15, 0.2) is 0 Å². The van der Waals surface area contributed by atoms with Gasteiger partial charge in [-0.05, 0) is 42.5 Å². The van der Waals surface area contributed by atoms with Crippen molar-refractivity contribution in [1.29, 1.82) is 0 Å². The van der Waals surface area contributed by atoms with E-state index in [1.165, 1.54) is 6.20 Å². The van der Waals surface area contributed by atoms with Crippen molar-refractivity contribution in [3.05, 3.63) is 41.9 Å². The molecular formula is C21H25N5O2. The second-order valence-corrected chi connectivity index (χ2v) is 7.36. The van der Waals surface area contributed by atoms with Gasteiger partial charge in [-0.15, -0.1) is 0 Å². The molecule has 146 valence electrons. The number of carbonyl (C=O) groups is 1. The monoisotopic (exact) mass is 379 g/mol. The molecule has 1 saturated carbocycles. The molecule has 1 amide bonds. The van der Waals surface area contributed by atoms with E-state index in [4.69, 9.17) is 5.73 Å². The standard InChI is InChI=1S/C21H25N5O2/c1-2-3-6-26-11-14(9-24-26)16-8-17-19(7-13(16)12-27)23-10-18(20(17)22)21(28)25-15-4-5-15/h7-11,15,27H,2-6,12H2,1H3,(H2,22,23)(H,25,28). The number of carbonyl (C=O) groups excluding carboxylic acids is 1. The molecule has 1 aromatic carbocycles. The van der Waals surface area contributed by atoms with Crippen LogP contribution in [0.1, 0.15) is 48.5 Å². The second kappa shape index (κ2) is 7.59. The van der Waals surface area contributed by atoms with Crippen molar-refractivity contribution in [1.82, 2.24) is 20.1 Å². The number of rotatable bonds is 7. The number of unbranched alkanes of at least 4 members (excludes halogenated alkanes) is 1. The molecule has 3 aromatic rings. The number of nitrogens with zero attached hydrogens (tertiary/aromatic N) is 3. The minimum Gasteiger partial charge on any atom is -0.397 e. The topological polar surface area (TPSA) is 106 Å². The summed E-state index contributed by atoms with van der Waals surface area (Å²) in [5.41, 5.74) is 10.3. The Morgan fingerprint density at radius 1 is 1.36 bits per heavy atom. The number of anilines is 1. The van der Waals surface area contributed by atoms with Crippen molar-refractivity contribution >= 4 is 22.5 Å². The number of hydrogen-bond donors (Lipinski definition) is 3. The number of nitrogens with two attached hydrogens (primary N) is 1. The van der Waals surface area contributed by atoms with Gasteiger partial charge in [-0.25, -0.2) is 0 Å². The Balaban J connectivity index is 1.76. The first-order valence-corrected chi connectivity index (χ1v) is 9.76. The number of hydrogen-bond acceptors (Lipinski definition) is 5. The van der Waals surface area contributed by atoms with Crippen LogP contribution in [-0.2, 0) is 13.2 Å².